The van der Waals surface area contributed by atoms with Crippen molar-refractivity contribution in [1.29, 1.82) is 0 Å². The summed E-state index contributed by atoms with van der Waals surface area (Å²) >= 11 is 0. The molecule has 1 saturated heterocycles. The second-order valence-electron chi connectivity index (χ2n) is 6.43. The van der Waals surface area contributed by atoms with Crippen LogP contribution in [-0.4, -0.2) is 48.8 Å². The molecule has 0 bridgehead atoms. The Kier molecular flexibility index (Phi) is 6.07. The largest absolute Gasteiger partial charge is 0.444 e. The first kappa shape index (κ1) is 16.2. The first-order valence-electron chi connectivity index (χ1n) is 7.21. The molecule has 1 amide bonds. The number of hydrogen-bond acceptors (Lipinski definition) is 4. The number of likely N-dealkylation sites (tertiary alicyclic amines) is 1. The van der Waals surface area contributed by atoms with Gasteiger partial charge in [-0.2, -0.15) is 0 Å². The normalized spacial score (nSPS) is 22.3. The van der Waals surface area contributed by atoms with Crippen LogP contribution in [0.5, 0.6) is 0 Å². The van der Waals surface area contributed by atoms with Gasteiger partial charge in [-0.3, -0.25) is 0 Å². The lowest BCUT2D eigenvalue weighted by Crippen LogP contribution is -2.43. The molecule has 1 fully saturated rings. The molecule has 1 aliphatic heterocycles. The van der Waals surface area contributed by atoms with Crippen LogP contribution < -0.4 is 11.1 Å². The molecule has 5 nitrogen and oxygen atoms in total. The van der Waals surface area contributed by atoms with E-state index >= 15 is 0 Å². The highest BCUT2D eigenvalue weighted by Crippen LogP contribution is 2.19. The smallest absolute Gasteiger partial charge is 0.407 e. The molecule has 2 atom stereocenters. The summed E-state index contributed by atoms with van der Waals surface area (Å²) in [5.74, 6) is 0. The van der Waals surface area contributed by atoms with Gasteiger partial charge in [-0.1, -0.05) is 0 Å². The lowest BCUT2D eigenvalue weighted by Gasteiger charge is -2.25. The van der Waals surface area contributed by atoms with Crippen LogP contribution in [0.25, 0.3) is 0 Å². The minimum absolute atomic E-state index is 0.00356. The van der Waals surface area contributed by atoms with Crippen molar-refractivity contribution >= 4 is 6.09 Å². The van der Waals surface area contributed by atoms with Gasteiger partial charge in [0.25, 0.3) is 0 Å². The van der Waals surface area contributed by atoms with Crippen LogP contribution in [0.4, 0.5) is 4.79 Å². The van der Waals surface area contributed by atoms with Crippen LogP contribution in [-0.2, 0) is 4.74 Å². The molecular weight excluding hydrogens is 242 g/mol. The van der Waals surface area contributed by atoms with Gasteiger partial charge in [0.15, 0.2) is 0 Å². The van der Waals surface area contributed by atoms with Crippen LogP contribution in [0.3, 0.4) is 0 Å². The summed E-state index contributed by atoms with van der Waals surface area (Å²) in [7, 11) is 2.16. The molecule has 1 rings (SSSR count). The zero-order valence-electron chi connectivity index (χ0n) is 12.7. The SMILES string of the molecule is CN1CCCC1CCC(CN)NC(=O)OC(C)(C)C. The van der Waals surface area contributed by atoms with Gasteiger partial charge in [-0.15, -0.1) is 0 Å². The third-order valence-corrected chi connectivity index (χ3v) is 3.53. The second-order valence-corrected chi connectivity index (χ2v) is 6.43. The van der Waals surface area contributed by atoms with Crippen molar-refractivity contribution in [3.8, 4) is 0 Å². The fraction of sp³-hybridized carbons (Fsp3) is 0.929. The van der Waals surface area contributed by atoms with Crippen molar-refractivity contribution in [2.24, 2.45) is 5.73 Å². The molecule has 5 heteroatoms. The van der Waals surface area contributed by atoms with Crippen molar-refractivity contribution in [2.75, 3.05) is 20.1 Å². The van der Waals surface area contributed by atoms with E-state index in [2.05, 4.69) is 17.3 Å². The number of nitrogens with two attached hydrogens (primary N) is 1. The maximum atomic E-state index is 11.7. The maximum Gasteiger partial charge on any atom is 0.407 e. The van der Waals surface area contributed by atoms with Crippen LogP contribution in [0, 0.1) is 0 Å². The summed E-state index contributed by atoms with van der Waals surface area (Å²) in [6.07, 6.45) is 4.13. The Morgan fingerprint density at radius 3 is 2.68 bits per heavy atom. The lowest BCUT2D eigenvalue weighted by atomic mass is 10.0. The van der Waals surface area contributed by atoms with E-state index in [1.165, 1.54) is 19.4 Å². The lowest BCUT2D eigenvalue weighted by molar-refractivity contribution is 0.0501. The minimum atomic E-state index is -0.463. The summed E-state index contributed by atoms with van der Waals surface area (Å²) in [5.41, 5.74) is 5.26. The molecule has 2 unspecified atom stereocenters. The Labute approximate surface area is 116 Å². The van der Waals surface area contributed by atoms with E-state index in [4.69, 9.17) is 10.5 Å². The Hall–Kier alpha value is -0.810. The van der Waals surface area contributed by atoms with Gasteiger partial charge in [0.2, 0.25) is 0 Å². The molecule has 0 aromatic rings. The first-order valence-corrected chi connectivity index (χ1v) is 7.21. The number of carbonyl (C=O) groups is 1. The van der Waals surface area contributed by atoms with E-state index < -0.39 is 5.60 Å². The van der Waals surface area contributed by atoms with Crippen molar-refractivity contribution in [3.63, 3.8) is 0 Å². The summed E-state index contributed by atoms with van der Waals surface area (Å²) < 4.78 is 5.25. The highest BCUT2D eigenvalue weighted by molar-refractivity contribution is 5.68. The average Bonchev–Trinajstić information content (AvgIpc) is 2.67. The third-order valence-electron chi connectivity index (χ3n) is 3.53. The zero-order chi connectivity index (χ0) is 14.5. The molecule has 19 heavy (non-hydrogen) atoms. The van der Waals surface area contributed by atoms with Crippen molar-refractivity contribution in [3.05, 3.63) is 0 Å². The topological polar surface area (TPSA) is 67.6 Å². The molecule has 0 radical (unpaired) electrons. The molecule has 1 aliphatic rings. The summed E-state index contributed by atoms with van der Waals surface area (Å²) in [4.78, 5) is 14.1. The van der Waals surface area contributed by atoms with E-state index in [1.54, 1.807) is 0 Å². The van der Waals surface area contributed by atoms with E-state index in [9.17, 15) is 4.79 Å². The number of ether oxygens (including phenoxy) is 1. The highest BCUT2D eigenvalue weighted by atomic mass is 16.6. The number of amides is 1. The van der Waals surface area contributed by atoms with Gasteiger partial charge < -0.3 is 20.7 Å². The van der Waals surface area contributed by atoms with E-state index in [0.29, 0.717) is 12.6 Å². The molecule has 0 spiro atoms. The maximum absolute atomic E-state index is 11.7. The summed E-state index contributed by atoms with van der Waals surface area (Å²) in [6.45, 7) is 7.21. The number of alkyl carbamates (subject to hydrolysis) is 1. The second kappa shape index (κ2) is 7.10. The Morgan fingerprint density at radius 2 is 2.21 bits per heavy atom. The number of nitrogens with zero attached hydrogens (tertiary/aromatic N) is 1. The fourth-order valence-corrected chi connectivity index (χ4v) is 2.46. The highest BCUT2D eigenvalue weighted by Gasteiger charge is 2.23. The monoisotopic (exact) mass is 271 g/mol. The Balaban J connectivity index is 2.31. The van der Waals surface area contributed by atoms with Crippen LogP contribution >= 0.6 is 0 Å². The predicted molar refractivity (Wildman–Crippen MR) is 77.1 cm³/mol. The molecular formula is C14H29N3O2. The number of nitrogens with one attached hydrogen (secondary N) is 1. The van der Waals surface area contributed by atoms with Gasteiger partial charge in [0.1, 0.15) is 5.60 Å². The fourth-order valence-electron chi connectivity index (χ4n) is 2.46. The quantitative estimate of drug-likeness (QED) is 0.799. The van der Waals surface area contributed by atoms with Gasteiger partial charge >= 0.3 is 6.09 Å². The van der Waals surface area contributed by atoms with Gasteiger partial charge in [0.05, 0.1) is 0 Å². The molecule has 0 aliphatic carbocycles. The van der Waals surface area contributed by atoms with E-state index in [0.717, 1.165) is 12.8 Å². The molecule has 3 N–H and O–H groups in total. The van der Waals surface area contributed by atoms with Gasteiger partial charge in [-0.25, -0.2) is 4.79 Å². The van der Waals surface area contributed by atoms with Crippen molar-refractivity contribution in [2.45, 2.75) is 64.1 Å². The Morgan fingerprint density at radius 1 is 1.53 bits per heavy atom. The summed E-state index contributed by atoms with van der Waals surface area (Å²) in [6, 6.07) is 0.637. The molecule has 1 heterocycles. The zero-order valence-corrected chi connectivity index (χ0v) is 12.7. The molecule has 0 saturated carbocycles. The van der Waals surface area contributed by atoms with Crippen molar-refractivity contribution in [1.82, 2.24) is 10.2 Å². The Bertz CT molecular complexity index is 289. The van der Waals surface area contributed by atoms with E-state index in [1.807, 2.05) is 20.8 Å². The first-order chi connectivity index (χ1) is 8.81. The minimum Gasteiger partial charge on any atom is -0.444 e. The predicted octanol–water partition coefficient (Wildman–Crippen LogP) is 1.71. The van der Waals surface area contributed by atoms with Gasteiger partial charge in [-0.05, 0) is 60.0 Å². The molecule has 0 aromatic carbocycles. The van der Waals surface area contributed by atoms with Gasteiger partial charge in [0, 0.05) is 18.6 Å². The summed E-state index contributed by atoms with van der Waals surface area (Å²) in [5, 5.41) is 2.86. The van der Waals surface area contributed by atoms with Crippen LogP contribution in [0.1, 0.15) is 46.5 Å². The molecule has 112 valence electrons. The average molecular weight is 271 g/mol. The number of carbonyl (C=O) groups excluding carboxylic acids is 1. The standard InChI is InChI=1S/C14H29N3O2/c1-14(2,3)19-13(18)16-11(10-15)7-8-12-6-5-9-17(12)4/h11-12H,5-10,15H2,1-4H3,(H,16,18). The van der Waals surface area contributed by atoms with Crippen molar-refractivity contribution < 1.29 is 9.53 Å². The molecule has 0 aromatic heterocycles. The number of hydrogen-bond donors (Lipinski definition) is 2. The number of rotatable bonds is 5. The van der Waals surface area contributed by atoms with Crippen LogP contribution in [0.15, 0.2) is 0 Å². The van der Waals surface area contributed by atoms with E-state index in [-0.39, 0.29) is 12.1 Å². The third kappa shape index (κ3) is 6.25. The van der Waals surface area contributed by atoms with Crippen LogP contribution in [0.2, 0.25) is 0 Å².